The largest absolute Gasteiger partial charge is 0.338 e. The van der Waals surface area contributed by atoms with E-state index in [2.05, 4.69) is 10.3 Å². The molecular weight excluding hydrogens is 329 g/mol. The molecule has 4 rings (SSSR count). The quantitative estimate of drug-likeness (QED) is 0.489. The minimum Gasteiger partial charge on any atom is -0.338 e. The van der Waals surface area contributed by atoms with E-state index >= 15 is 0 Å². The Kier molecular flexibility index (Phi) is 3.52. The lowest BCUT2D eigenvalue weighted by atomic mass is 10.0. The van der Waals surface area contributed by atoms with Crippen LogP contribution in [-0.4, -0.2) is 10.7 Å². The third-order valence-electron chi connectivity index (χ3n) is 3.64. The average Bonchev–Trinajstić information content (AvgIpc) is 2.72. The van der Waals surface area contributed by atoms with Crippen LogP contribution in [0.1, 0.15) is 11.1 Å². The Balaban J connectivity index is 2.04. The molecule has 3 aromatic rings. The highest BCUT2D eigenvalue weighted by atomic mass is 35.5. The van der Waals surface area contributed by atoms with Crippen molar-refractivity contribution in [3.8, 4) is 0 Å². The van der Waals surface area contributed by atoms with Crippen LogP contribution in [0.3, 0.4) is 0 Å². The first-order valence-electron chi connectivity index (χ1n) is 7.08. The number of pyridine rings is 1. The Morgan fingerprint density at radius 3 is 2.61 bits per heavy atom. The highest BCUT2D eigenvalue weighted by Gasteiger charge is 2.20. The lowest BCUT2D eigenvalue weighted by Crippen LogP contribution is -2.05. The van der Waals surface area contributed by atoms with Gasteiger partial charge < -0.3 is 5.32 Å². The minimum atomic E-state index is 0.643. The van der Waals surface area contributed by atoms with Gasteiger partial charge in [0.1, 0.15) is 5.69 Å². The smallest absolute Gasteiger partial charge is 0.156 e. The fourth-order valence-corrected chi connectivity index (χ4v) is 2.97. The second-order valence-electron chi connectivity index (χ2n) is 5.13. The number of nitrogens with one attached hydrogen (secondary N) is 1. The first kappa shape index (κ1) is 14.2. The van der Waals surface area contributed by atoms with Crippen molar-refractivity contribution < 1.29 is 0 Å². The molecule has 3 nitrogen and oxygen atoms in total. The molecule has 2 heterocycles. The summed E-state index contributed by atoms with van der Waals surface area (Å²) in [7, 11) is 0. The van der Waals surface area contributed by atoms with Gasteiger partial charge in [-0.05, 0) is 36.4 Å². The monoisotopic (exact) mass is 339 g/mol. The fourth-order valence-electron chi connectivity index (χ4n) is 2.57. The van der Waals surface area contributed by atoms with Crippen molar-refractivity contribution in [2.45, 2.75) is 0 Å². The molecule has 0 aliphatic carbocycles. The Bertz CT molecular complexity index is 935. The van der Waals surface area contributed by atoms with E-state index in [1.165, 1.54) is 0 Å². The molecule has 112 valence electrons. The van der Waals surface area contributed by atoms with Gasteiger partial charge in [-0.25, -0.2) is 9.98 Å². The van der Waals surface area contributed by atoms with Crippen molar-refractivity contribution in [3.05, 3.63) is 82.0 Å². The summed E-state index contributed by atoms with van der Waals surface area (Å²) in [5, 5.41) is 4.61. The molecule has 5 heteroatoms. The predicted molar refractivity (Wildman–Crippen MR) is 95.7 cm³/mol. The van der Waals surface area contributed by atoms with Crippen LogP contribution >= 0.6 is 23.2 Å². The fraction of sp³-hybridized carbons (Fsp3) is 0. The summed E-state index contributed by atoms with van der Waals surface area (Å²) in [6.45, 7) is 0. The third kappa shape index (κ3) is 2.58. The highest BCUT2D eigenvalue weighted by molar-refractivity contribution is 6.36. The maximum absolute atomic E-state index is 6.39. The Labute approximate surface area is 143 Å². The van der Waals surface area contributed by atoms with Crippen LogP contribution in [-0.2, 0) is 0 Å². The molecule has 0 atom stereocenters. The number of rotatable bonds is 1. The van der Waals surface area contributed by atoms with Gasteiger partial charge in [0.05, 0.1) is 5.71 Å². The first-order chi connectivity index (χ1) is 11.2. The van der Waals surface area contributed by atoms with Gasteiger partial charge >= 0.3 is 0 Å². The number of nitrogens with zero attached hydrogens (tertiary/aromatic N) is 2. The van der Waals surface area contributed by atoms with Gasteiger partial charge in [0.25, 0.3) is 0 Å². The van der Waals surface area contributed by atoms with Gasteiger partial charge in [-0.2, -0.15) is 0 Å². The Hall–Kier alpha value is -2.36. The van der Waals surface area contributed by atoms with Crippen molar-refractivity contribution in [2.75, 3.05) is 5.32 Å². The molecule has 0 saturated carbocycles. The van der Waals surface area contributed by atoms with E-state index < -0.39 is 0 Å². The average molecular weight is 340 g/mol. The van der Waals surface area contributed by atoms with Gasteiger partial charge in [0, 0.05) is 33.1 Å². The van der Waals surface area contributed by atoms with Crippen LogP contribution in [0.2, 0.25) is 10.0 Å². The van der Waals surface area contributed by atoms with Crippen molar-refractivity contribution in [3.63, 3.8) is 0 Å². The normalized spacial score (nSPS) is 12.5. The molecule has 23 heavy (non-hydrogen) atoms. The minimum absolute atomic E-state index is 0.643. The number of aliphatic imine (C=N–C) groups is 1. The molecule has 0 saturated heterocycles. The lowest BCUT2D eigenvalue weighted by molar-refractivity contribution is 1.30. The number of hydrogen-bond acceptors (Lipinski definition) is 3. The zero-order chi connectivity index (χ0) is 15.8. The molecule has 0 unspecified atom stereocenters. The van der Waals surface area contributed by atoms with E-state index in [0.29, 0.717) is 15.9 Å². The number of benzene rings is 2. The summed E-state index contributed by atoms with van der Waals surface area (Å²) in [6.07, 6.45) is 1.73. The van der Waals surface area contributed by atoms with Gasteiger partial charge in [-0.1, -0.05) is 41.4 Å². The standard InChI is InChI=1S/C18H11Cl2N3/c19-11-7-8-15-13(10-11)17(12-4-1-2-5-14(12)20)22-16-6-3-9-21-18(16)23-15/h1-10H,(H,21,23). The van der Waals surface area contributed by atoms with Crippen molar-refractivity contribution in [1.29, 1.82) is 0 Å². The Morgan fingerprint density at radius 1 is 0.870 bits per heavy atom. The molecule has 1 aliphatic heterocycles. The summed E-state index contributed by atoms with van der Waals surface area (Å²) < 4.78 is 0. The number of hydrogen-bond donors (Lipinski definition) is 1. The number of halogens is 2. The molecule has 0 radical (unpaired) electrons. The van der Waals surface area contributed by atoms with Gasteiger partial charge in [-0.3, -0.25) is 0 Å². The van der Waals surface area contributed by atoms with Crippen LogP contribution in [0.5, 0.6) is 0 Å². The molecule has 1 N–H and O–H groups in total. The molecular formula is C18H11Cl2N3. The zero-order valence-corrected chi connectivity index (χ0v) is 13.4. The van der Waals surface area contributed by atoms with E-state index in [4.69, 9.17) is 28.2 Å². The maximum Gasteiger partial charge on any atom is 0.156 e. The van der Waals surface area contributed by atoms with Crippen molar-refractivity contribution in [2.24, 2.45) is 4.99 Å². The van der Waals surface area contributed by atoms with Gasteiger partial charge in [0.2, 0.25) is 0 Å². The number of anilines is 2. The van der Waals surface area contributed by atoms with Gasteiger partial charge in [0.15, 0.2) is 5.82 Å². The molecule has 2 aromatic carbocycles. The number of aromatic nitrogens is 1. The second-order valence-corrected chi connectivity index (χ2v) is 5.97. The maximum atomic E-state index is 6.39. The predicted octanol–water partition coefficient (Wildman–Crippen LogP) is 5.61. The lowest BCUT2D eigenvalue weighted by Gasteiger charge is -2.12. The molecule has 0 fully saturated rings. The van der Waals surface area contributed by atoms with Gasteiger partial charge in [-0.15, -0.1) is 0 Å². The van der Waals surface area contributed by atoms with Crippen molar-refractivity contribution in [1.82, 2.24) is 4.98 Å². The summed E-state index contributed by atoms with van der Waals surface area (Å²) in [5.74, 6) is 0.707. The summed E-state index contributed by atoms with van der Waals surface area (Å²) >= 11 is 12.6. The van der Waals surface area contributed by atoms with E-state index in [1.54, 1.807) is 6.20 Å². The van der Waals surface area contributed by atoms with Crippen LogP contribution in [0.15, 0.2) is 65.8 Å². The van der Waals surface area contributed by atoms with Crippen LogP contribution in [0, 0.1) is 0 Å². The first-order valence-corrected chi connectivity index (χ1v) is 7.83. The topological polar surface area (TPSA) is 37.3 Å². The van der Waals surface area contributed by atoms with E-state index in [0.717, 1.165) is 28.2 Å². The molecule has 0 amide bonds. The van der Waals surface area contributed by atoms with Crippen LogP contribution < -0.4 is 5.32 Å². The Morgan fingerprint density at radius 2 is 1.74 bits per heavy atom. The van der Waals surface area contributed by atoms with E-state index in [1.807, 2.05) is 54.6 Å². The third-order valence-corrected chi connectivity index (χ3v) is 4.20. The number of fused-ring (bicyclic) bond motifs is 2. The second kappa shape index (κ2) is 5.69. The molecule has 0 bridgehead atoms. The van der Waals surface area contributed by atoms with E-state index in [-0.39, 0.29) is 0 Å². The molecule has 1 aliphatic rings. The highest BCUT2D eigenvalue weighted by Crippen LogP contribution is 2.36. The summed E-state index contributed by atoms with van der Waals surface area (Å²) in [4.78, 5) is 9.17. The summed E-state index contributed by atoms with van der Waals surface area (Å²) in [5.41, 5.74) is 4.17. The van der Waals surface area contributed by atoms with Crippen molar-refractivity contribution >= 4 is 46.1 Å². The van der Waals surface area contributed by atoms with Crippen LogP contribution in [0.4, 0.5) is 17.2 Å². The van der Waals surface area contributed by atoms with E-state index in [9.17, 15) is 0 Å². The molecule has 1 aromatic heterocycles. The SMILES string of the molecule is Clc1ccc2c(c1)C(c1ccccc1Cl)=Nc1cccnc1N2. The van der Waals surface area contributed by atoms with Crippen LogP contribution in [0.25, 0.3) is 0 Å². The zero-order valence-electron chi connectivity index (χ0n) is 11.9. The summed E-state index contributed by atoms with van der Waals surface area (Å²) in [6, 6.07) is 17.1. The molecule has 0 spiro atoms.